The number of nitrogen functional groups attached to an aromatic ring is 1. The molecule has 20 heavy (non-hydrogen) atoms. The second-order valence-electron chi connectivity index (χ2n) is 4.85. The molecule has 0 radical (unpaired) electrons. The molecule has 0 aliphatic heterocycles. The summed E-state index contributed by atoms with van der Waals surface area (Å²) in [5, 5.41) is 0. The average molecular weight is 273 g/mol. The standard InChI is InChI=1S/C16H23N3O/c1-4-6-10-19-14(5-2)18-15(16(19)17)12-8-7-9-13(11-12)20-3/h7-9,11H,4-6,10,17H2,1-3H3. The number of rotatable bonds is 6. The predicted molar refractivity (Wildman–Crippen MR) is 82.9 cm³/mol. The van der Waals surface area contributed by atoms with Crippen molar-refractivity contribution in [2.75, 3.05) is 12.8 Å². The summed E-state index contributed by atoms with van der Waals surface area (Å²) in [4.78, 5) is 4.71. The Morgan fingerprint density at radius 1 is 1.30 bits per heavy atom. The molecule has 0 saturated heterocycles. The Bertz CT molecular complexity index is 575. The quantitative estimate of drug-likeness (QED) is 0.876. The van der Waals surface area contributed by atoms with E-state index in [0.717, 1.165) is 54.5 Å². The normalized spacial score (nSPS) is 10.8. The SMILES string of the molecule is CCCCn1c(CC)nc(-c2cccc(OC)c2)c1N. The minimum Gasteiger partial charge on any atom is -0.497 e. The highest BCUT2D eigenvalue weighted by Crippen LogP contribution is 2.29. The third kappa shape index (κ3) is 2.79. The Morgan fingerprint density at radius 3 is 2.75 bits per heavy atom. The van der Waals surface area contributed by atoms with Gasteiger partial charge in [0.05, 0.1) is 7.11 Å². The first-order chi connectivity index (χ1) is 9.71. The second kappa shape index (κ2) is 6.46. The van der Waals surface area contributed by atoms with Crippen molar-refractivity contribution in [3.8, 4) is 17.0 Å². The number of anilines is 1. The van der Waals surface area contributed by atoms with Gasteiger partial charge in [-0.2, -0.15) is 0 Å². The minimum atomic E-state index is 0.753. The monoisotopic (exact) mass is 273 g/mol. The number of aromatic nitrogens is 2. The summed E-state index contributed by atoms with van der Waals surface area (Å²) in [5.41, 5.74) is 8.17. The average Bonchev–Trinajstić information content (AvgIpc) is 2.81. The zero-order chi connectivity index (χ0) is 14.5. The number of benzene rings is 1. The molecule has 1 heterocycles. The molecule has 2 aromatic rings. The molecule has 0 unspecified atom stereocenters. The van der Waals surface area contributed by atoms with E-state index in [1.54, 1.807) is 7.11 Å². The summed E-state index contributed by atoms with van der Waals surface area (Å²) < 4.78 is 7.41. The van der Waals surface area contributed by atoms with Gasteiger partial charge in [-0.15, -0.1) is 0 Å². The van der Waals surface area contributed by atoms with Crippen LogP contribution in [0.15, 0.2) is 24.3 Å². The highest BCUT2D eigenvalue weighted by Gasteiger charge is 2.15. The van der Waals surface area contributed by atoms with Gasteiger partial charge in [0, 0.05) is 18.5 Å². The second-order valence-corrected chi connectivity index (χ2v) is 4.85. The van der Waals surface area contributed by atoms with E-state index in [2.05, 4.69) is 18.4 Å². The molecule has 2 rings (SSSR count). The van der Waals surface area contributed by atoms with Crippen molar-refractivity contribution in [1.29, 1.82) is 0 Å². The van der Waals surface area contributed by atoms with E-state index in [-0.39, 0.29) is 0 Å². The van der Waals surface area contributed by atoms with E-state index in [1.165, 1.54) is 0 Å². The Labute approximate surface area is 120 Å². The van der Waals surface area contributed by atoms with E-state index in [9.17, 15) is 0 Å². The first kappa shape index (κ1) is 14.4. The maximum Gasteiger partial charge on any atom is 0.131 e. The molecule has 4 nitrogen and oxygen atoms in total. The zero-order valence-corrected chi connectivity index (χ0v) is 12.5. The van der Waals surface area contributed by atoms with Crippen molar-refractivity contribution in [3.63, 3.8) is 0 Å². The number of hydrogen-bond donors (Lipinski definition) is 1. The van der Waals surface area contributed by atoms with Crippen molar-refractivity contribution in [2.24, 2.45) is 0 Å². The molecular formula is C16H23N3O. The Morgan fingerprint density at radius 2 is 2.10 bits per heavy atom. The van der Waals surface area contributed by atoms with Crippen molar-refractivity contribution in [2.45, 2.75) is 39.7 Å². The molecule has 0 amide bonds. The van der Waals surface area contributed by atoms with Crippen LogP contribution >= 0.6 is 0 Å². The first-order valence-corrected chi connectivity index (χ1v) is 7.20. The summed E-state index contributed by atoms with van der Waals surface area (Å²) in [6, 6.07) is 7.88. The number of hydrogen-bond acceptors (Lipinski definition) is 3. The van der Waals surface area contributed by atoms with Crippen molar-refractivity contribution in [1.82, 2.24) is 9.55 Å². The summed E-state index contributed by atoms with van der Waals surface area (Å²) >= 11 is 0. The van der Waals surface area contributed by atoms with Gasteiger partial charge in [-0.3, -0.25) is 0 Å². The number of nitrogens with zero attached hydrogens (tertiary/aromatic N) is 2. The van der Waals surface area contributed by atoms with Crippen LogP contribution in [0.3, 0.4) is 0 Å². The molecular weight excluding hydrogens is 250 g/mol. The van der Waals surface area contributed by atoms with Gasteiger partial charge in [0.15, 0.2) is 0 Å². The van der Waals surface area contributed by atoms with Gasteiger partial charge in [-0.25, -0.2) is 4.98 Å². The molecule has 1 aromatic carbocycles. The topological polar surface area (TPSA) is 53.1 Å². The zero-order valence-electron chi connectivity index (χ0n) is 12.5. The van der Waals surface area contributed by atoms with Crippen molar-refractivity contribution in [3.05, 3.63) is 30.1 Å². The van der Waals surface area contributed by atoms with E-state index >= 15 is 0 Å². The van der Waals surface area contributed by atoms with Gasteiger partial charge in [-0.1, -0.05) is 32.4 Å². The fourth-order valence-electron chi connectivity index (χ4n) is 2.33. The lowest BCUT2D eigenvalue weighted by Crippen LogP contribution is -2.06. The summed E-state index contributed by atoms with van der Waals surface area (Å²) in [6.45, 7) is 5.23. The molecule has 0 bridgehead atoms. The van der Waals surface area contributed by atoms with E-state index in [4.69, 9.17) is 15.5 Å². The molecule has 0 spiro atoms. The van der Waals surface area contributed by atoms with Crippen LogP contribution in [0.25, 0.3) is 11.3 Å². The lowest BCUT2D eigenvalue weighted by atomic mass is 10.1. The van der Waals surface area contributed by atoms with Crippen LogP contribution in [0.4, 0.5) is 5.82 Å². The number of aryl methyl sites for hydroxylation is 1. The van der Waals surface area contributed by atoms with Gasteiger partial charge in [0.25, 0.3) is 0 Å². The van der Waals surface area contributed by atoms with Gasteiger partial charge in [0.2, 0.25) is 0 Å². The van der Waals surface area contributed by atoms with Gasteiger partial charge in [-0.05, 0) is 18.6 Å². The van der Waals surface area contributed by atoms with Crippen LogP contribution in [-0.2, 0) is 13.0 Å². The first-order valence-electron chi connectivity index (χ1n) is 7.20. The largest absolute Gasteiger partial charge is 0.497 e. The third-order valence-electron chi connectivity index (χ3n) is 3.48. The number of imidazole rings is 1. The summed E-state index contributed by atoms with van der Waals surface area (Å²) in [7, 11) is 1.67. The third-order valence-corrected chi connectivity index (χ3v) is 3.48. The van der Waals surface area contributed by atoms with Gasteiger partial charge < -0.3 is 15.0 Å². The highest BCUT2D eigenvalue weighted by atomic mass is 16.5. The summed E-state index contributed by atoms with van der Waals surface area (Å²) in [6.07, 6.45) is 3.15. The highest BCUT2D eigenvalue weighted by molar-refractivity contribution is 5.72. The van der Waals surface area contributed by atoms with Crippen LogP contribution in [0.1, 0.15) is 32.5 Å². The Balaban J connectivity index is 2.43. The number of nitrogens with two attached hydrogens (primary N) is 1. The number of methoxy groups -OCH3 is 1. The van der Waals surface area contributed by atoms with Crippen molar-refractivity contribution < 1.29 is 4.74 Å². The van der Waals surface area contributed by atoms with Crippen LogP contribution in [0.2, 0.25) is 0 Å². The molecule has 108 valence electrons. The lowest BCUT2D eigenvalue weighted by Gasteiger charge is -2.08. The molecule has 0 aliphatic carbocycles. The maximum absolute atomic E-state index is 6.30. The predicted octanol–water partition coefficient (Wildman–Crippen LogP) is 3.50. The Kier molecular flexibility index (Phi) is 4.66. The van der Waals surface area contributed by atoms with Crippen LogP contribution in [-0.4, -0.2) is 16.7 Å². The molecule has 0 fully saturated rings. The maximum atomic E-state index is 6.30. The Hall–Kier alpha value is -1.97. The van der Waals surface area contributed by atoms with Crippen molar-refractivity contribution >= 4 is 5.82 Å². The van der Waals surface area contributed by atoms with Crippen LogP contribution in [0, 0.1) is 0 Å². The molecule has 0 aliphatic rings. The van der Waals surface area contributed by atoms with E-state index < -0.39 is 0 Å². The fraction of sp³-hybridized carbons (Fsp3) is 0.438. The molecule has 0 atom stereocenters. The fourth-order valence-corrected chi connectivity index (χ4v) is 2.33. The minimum absolute atomic E-state index is 0.753. The van der Waals surface area contributed by atoms with Gasteiger partial charge in [0.1, 0.15) is 23.1 Å². The van der Waals surface area contributed by atoms with Gasteiger partial charge >= 0.3 is 0 Å². The van der Waals surface area contributed by atoms with E-state index in [1.807, 2.05) is 24.3 Å². The number of ether oxygens (including phenoxy) is 1. The molecule has 2 N–H and O–H groups in total. The lowest BCUT2D eigenvalue weighted by molar-refractivity contribution is 0.415. The number of unbranched alkanes of at least 4 members (excludes halogenated alkanes) is 1. The van der Waals surface area contributed by atoms with Crippen LogP contribution in [0.5, 0.6) is 5.75 Å². The van der Waals surface area contributed by atoms with E-state index in [0.29, 0.717) is 0 Å². The molecule has 0 saturated carbocycles. The van der Waals surface area contributed by atoms with Crippen LogP contribution < -0.4 is 10.5 Å². The summed E-state index contributed by atoms with van der Waals surface area (Å²) in [5.74, 6) is 2.63. The molecule has 1 aromatic heterocycles. The molecule has 4 heteroatoms. The smallest absolute Gasteiger partial charge is 0.131 e.